The highest BCUT2D eigenvalue weighted by Gasteiger charge is 2.60. The monoisotopic (exact) mass is 456 g/mol. The summed E-state index contributed by atoms with van der Waals surface area (Å²) in [6.45, 7) is 2.26. The van der Waals surface area contributed by atoms with Gasteiger partial charge in [0, 0.05) is 18.7 Å². The van der Waals surface area contributed by atoms with Crippen molar-refractivity contribution in [3.8, 4) is 5.75 Å². The molecule has 1 N–H and O–H groups in total. The summed E-state index contributed by atoms with van der Waals surface area (Å²) in [5.74, 6) is 0.606. The largest absolute Gasteiger partial charge is 0.489 e. The minimum Gasteiger partial charge on any atom is -0.489 e. The van der Waals surface area contributed by atoms with Crippen LogP contribution in [0.5, 0.6) is 5.75 Å². The molecule has 1 aliphatic rings. The Bertz CT molecular complexity index is 1110. The third-order valence-electron chi connectivity index (χ3n) is 5.51. The first-order valence-corrected chi connectivity index (χ1v) is 10.4. The Morgan fingerprint density at radius 1 is 1.22 bits per heavy atom. The molecule has 2 atom stereocenters. The molecule has 2 unspecified atom stereocenters. The fourth-order valence-corrected chi connectivity index (χ4v) is 3.84. The van der Waals surface area contributed by atoms with Crippen molar-refractivity contribution < 1.29 is 18.7 Å². The number of carbonyl (C=O) groups is 1. The maximum Gasteiger partial charge on any atom is 0.229 e. The molecule has 0 bridgehead atoms. The number of ether oxygens (including phenoxy) is 2. The van der Waals surface area contributed by atoms with Gasteiger partial charge in [-0.1, -0.05) is 23.7 Å². The molecular formula is C23H22ClFN4O3. The van der Waals surface area contributed by atoms with Crippen molar-refractivity contribution in [3.05, 3.63) is 76.7 Å². The number of carbonyl (C=O) groups excluding carboxylic acids is 1. The van der Waals surface area contributed by atoms with E-state index in [9.17, 15) is 9.18 Å². The third kappa shape index (κ3) is 4.71. The van der Waals surface area contributed by atoms with E-state index in [0.717, 1.165) is 5.56 Å². The normalized spacial score (nSPS) is 19.4. The van der Waals surface area contributed by atoms with Crippen molar-refractivity contribution >= 4 is 23.3 Å². The van der Waals surface area contributed by atoms with Crippen molar-refractivity contribution in [1.29, 1.82) is 0 Å². The van der Waals surface area contributed by atoms with E-state index < -0.39 is 5.41 Å². The lowest BCUT2D eigenvalue weighted by molar-refractivity contribution is -0.117. The van der Waals surface area contributed by atoms with Gasteiger partial charge in [0.1, 0.15) is 23.2 Å². The second kappa shape index (κ2) is 9.18. The second-order valence-corrected chi connectivity index (χ2v) is 8.16. The third-order valence-corrected chi connectivity index (χ3v) is 5.73. The van der Waals surface area contributed by atoms with E-state index in [-0.39, 0.29) is 30.9 Å². The van der Waals surface area contributed by atoms with Crippen LogP contribution >= 0.6 is 11.6 Å². The first kappa shape index (κ1) is 22.1. The van der Waals surface area contributed by atoms with Crippen molar-refractivity contribution in [1.82, 2.24) is 15.0 Å². The van der Waals surface area contributed by atoms with E-state index in [1.54, 1.807) is 44.5 Å². The highest BCUT2D eigenvalue weighted by Crippen LogP contribution is 2.55. The Balaban J connectivity index is 1.56. The predicted octanol–water partition coefficient (Wildman–Crippen LogP) is 4.09. The average molecular weight is 457 g/mol. The van der Waals surface area contributed by atoms with Gasteiger partial charge < -0.3 is 14.8 Å². The molecule has 3 aromatic rings. The molecule has 166 valence electrons. The van der Waals surface area contributed by atoms with Crippen molar-refractivity contribution in [2.45, 2.75) is 25.4 Å². The van der Waals surface area contributed by atoms with Crippen LogP contribution in [0.15, 0.2) is 48.8 Å². The summed E-state index contributed by atoms with van der Waals surface area (Å²) in [5.41, 5.74) is 0.838. The fourth-order valence-electron chi connectivity index (χ4n) is 3.73. The van der Waals surface area contributed by atoms with Gasteiger partial charge in [-0.05, 0) is 43.2 Å². The zero-order valence-electron chi connectivity index (χ0n) is 17.6. The van der Waals surface area contributed by atoms with Crippen LogP contribution < -0.4 is 10.1 Å². The van der Waals surface area contributed by atoms with Gasteiger partial charge in [-0.3, -0.25) is 4.79 Å². The van der Waals surface area contributed by atoms with Crippen molar-refractivity contribution in [3.63, 3.8) is 0 Å². The standard InChI is InChI=1S/C23H22ClFN4O3/c1-14-26-11-20(19(28-14)12-31-2)32-13-23(15-3-6-17(25)7-4-15)9-18(23)22(30)29-21-8-5-16(24)10-27-21/h3-8,10-11,18H,9,12-13H2,1-2H3,(H,27,29,30). The van der Waals surface area contributed by atoms with Crippen LogP contribution in [0.3, 0.4) is 0 Å². The first-order chi connectivity index (χ1) is 15.4. The van der Waals surface area contributed by atoms with Crippen molar-refractivity contribution in [2.75, 3.05) is 19.0 Å². The number of nitrogens with one attached hydrogen (secondary N) is 1. The van der Waals surface area contributed by atoms with Gasteiger partial charge in [0.15, 0.2) is 5.75 Å². The molecule has 1 fully saturated rings. The zero-order chi connectivity index (χ0) is 22.7. The molecule has 1 amide bonds. The smallest absolute Gasteiger partial charge is 0.229 e. The molecule has 0 saturated heterocycles. The van der Waals surface area contributed by atoms with E-state index in [0.29, 0.717) is 34.5 Å². The summed E-state index contributed by atoms with van der Waals surface area (Å²) in [7, 11) is 1.58. The quantitative estimate of drug-likeness (QED) is 0.549. The van der Waals surface area contributed by atoms with Crippen LogP contribution in [-0.2, 0) is 21.6 Å². The number of nitrogens with zero attached hydrogens (tertiary/aromatic N) is 3. The maximum atomic E-state index is 13.5. The van der Waals surface area contributed by atoms with Crippen LogP contribution in [0, 0.1) is 18.7 Å². The van der Waals surface area contributed by atoms with Gasteiger partial charge in [0.05, 0.1) is 30.4 Å². The number of hydrogen-bond acceptors (Lipinski definition) is 6. The Hall–Kier alpha value is -3.10. The van der Waals surface area contributed by atoms with Crippen LogP contribution in [-0.4, -0.2) is 34.6 Å². The number of anilines is 1. The number of aryl methyl sites for hydroxylation is 1. The van der Waals surface area contributed by atoms with Crippen LogP contribution in [0.4, 0.5) is 10.2 Å². The molecule has 32 heavy (non-hydrogen) atoms. The Morgan fingerprint density at radius 2 is 2.00 bits per heavy atom. The van der Waals surface area contributed by atoms with Gasteiger partial charge in [0.25, 0.3) is 0 Å². The lowest BCUT2D eigenvalue weighted by Crippen LogP contribution is -2.27. The molecule has 9 heteroatoms. The summed E-state index contributed by atoms with van der Waals surface area (Å²) in [5, 5.41) is 3.30. The molecule has 2 aromatic heterocycles. The van der Waals surface area contributed by atoms with Crippen molar-refractivity contribution in [2.24, 2.45) is 5.92 Å². The maximum absolute atomic E-state index is 13.5. The summed E-state index contributed by atoms with van der Waals surface area (Å²) in [6.07, 6.45) is 3.61. The highest BCUT2D eigenvalue weighted by molar-refractivity contribution is 6.30. The number of benzene rings is 1. The second-order valence-electron chi connectivity index (χ2n) is 7.72. The molecule has 1 aliphatic carbocycles. The van der Waals surface area contributed by atoms with E-state index in [1.165, 1.54) is 18.3 Å². The Morgan fingerprint density at radius 3 is 2.69 bits per heavy atom. The molecule has 0 spiro atoms. The fraction of sp³-hybridized carbons (Fsp3) is 0.304. The SMILES string of the molecule is COCc1nc(C)ncc1OCC1(c2ccc(F)cc2)CC1C(=O)Nc1ccc(Cl)cn1. The molecule has 2 heterocycles. The van der Waals surface area contributed by atoms with Gasteiger partial charge in [-0.15, -0.1) is 0 Å². The molecule has 7 nitrogen and oxygen atoms in total. The van der Waals surface area contributed by atoms with Gasteiger partial charge in [0.2, 0.25) is 5.91 Å². The number of hydrogen-bond donors (Lipinski definition) is 1. The van der Waals surface area contributed by atoms with Gasteiger partial charge >= 0.3 is 0 Å². The molecule has 0 aliphatic heterocycles. The summed E-state index contributed by atoms with van der Waals surface area (Å²) < 4.78 is 24.8. The zero-order valence-corrected chi connectivity index (χ0v) is 18.4. The predicted molar refractivity (Wildman–Crippen MR) is 117 cm³/mol. The molecule has 1 aromatic carbocycles. The Labute approximate surface area is 190 Å². The van der Waals surface area contributed by atoms with Crippen LogP contribution in [0.25, 0.3) is 0 Å². The van der Waals surface area contributed by atoms with Gasteiger partial charge in [-0.2, -0.15) is 0 Å². The minimum absolute atomic E-state index is 0.190. The number of halogens is 2. The average Bonchev–Trinajstić information content (AvgIpc) is 3.51. The number of rotatable bonds is 8. The molecule has 1 saturated carbocycles. The minimum atomic E-state index is -0.612. The highest BCUT2D eigenvalue weighted by atomic mass is 35.5. The molecule has 0 radical (unpaired) electrons. The lowest BCUT2D eigenvalue weighted by Gasteiger charge is -2.20. The van der Waals surface area contributed by atoms with E-state index in [2.05, 4.69) is 20.3 Å². The van der Waals surface area contributed by atoms with E-state index in [1.807, 2.05) is 0 Å². The van der Waals surface area contributed by atoms with E-state index in [4.69, 9.17) is 21.1 Å². The summed E-state index contributed by atoms with van der Waals surface area (Å²) in [4.78, 5) is 25.7. The summed E-state index contributed by atoms with van der Waals surface area (Å²) >= 11 is 5.86. The molecular weight excluding hydrogens is 435 g/mol. The Kier molecular flexibility index (Phi) is 6.34. The first-order valence-electron chi connectivity index (χ1n) is 10.0. The summed E-state index contributed by atoms with van der Waals surface area (Å²) in [6, 6.07) is 9.44. The lowest BCUT2D eigenvalue weighted by atomic mass is 9.93. The van der Waals surface area contributed by atoms with E-state index >= 15 is 0 Å². The van der Waals surface area contributed by atoms with Gasteiger partial charge in [-0.25, -0.2) is 19.3 Å². The number of methoxy groups -OCH3 is 1. The van der Waals surface area contributed by atoms with Crippen LogP contribution in [0.1, 0.15) is 23.5 Å². The number of amides is 1. The number of pyridine rings is 1. The molecule has 4 rings (SSSR count). The van der Waals surface area contributed by atoms with Crippen LogP contribution in [0.2, 0.25) is 5.02 Å². The topological polar surface area (TPSA) is 86.2 Å². The number of aromatic nitrogens is 3.